The molecule has 8 nitrogen and oxygen atoms in total. The predicted molar refractivity (Wildman–Crippen MR) is 79.3 cm³/mol. The van der Waals surface area contributed by atoms with E-state index in [2.05, 4.69) is 5.10 Å². The maximum Gasteiger partial charge on any atom is 0.281 e. The van der Waals surface area contributed by atoms with E-state index in [1.54, 1.807) is 20.0 Å². The zero-order valence-corrected chi connectivity index (χ0v) is 12.9. The zero-order valence-electron chi connectivity index (χ0n) is 12.1. The van der Waals surface area contributed by atoms with Crippen molar-refractivity contribution in [3.63, 3.8) is 0 Å². The number of hydrogen-bond acceptors (Lipinski definition) is 5. The summed E-state index contributed by atoms with van der Waals surface area (Å²) in [5.74, 6) is 0. The van der Waals surface area contributed by atoms with E-state index < -0.39 is 14.9 Å². The molecule has 0 unspecified atom stereocenters. The van der Waals surface area contributed by atoms with E-state index >= 15 is 0 Å². The second-order valence-electron chi connectivity index (χ2n) is 5.14. The van der Waals surface area contributed by atoms with Crippen LogP contribution in [0.15, 0.2) is 29.4 Å². The number of fused-ring (bicyclic) bond motifs is 1. The lowest BCUT2D eigenvalue weighted by Gasteiger charge is -2.19. The number of nitro benzene ring substituents is 1. The van der Waals surface area contributed by atoms with Gasteiger partial charge in [-0.05, 0) is 31.0 Å². The van der Waals surface area contributed by atoms with Crippen LogP contribution in [0, 0.1) is 17.0 Å². The molecule has 0 aliphatic carbocycles. The Balaban J connectivity index is 2.14. The van der Waals surface area contributed by atoms with Crippen LogP contribution in [0.1, 0.15) is 11.1 Å². The Morgan fingerprint density at radius 1 is 1.36 bits per heavy atom. The number of nitrogens with zero attached hydrogens (tertiary/aromatic N) is 4. The molecule has 0 bridgehead atoms. The normalized spacial score (nSPS) is 14.2. The highest BCUT2D eigenvalue weighted by Gasteiger charge is 2.34. The topological polar surface area (TPSA) is 98.3 Å². The van der Waals surface area contributed by atoms with Crippen molar-refractivity contribution in [2.75, 3.05) is 10.8 Å². The molecule has 0 saturated carbocycles. The van der Waals surface area contributed by atoms with Gasteiger partial charge in [-0.2, -0.15) is 13.5 Å². The summed E-state index contributed by atoms with van der Waals surface area (Å²) in [5, 5.41) is 15.0. The van der Waals surface area contributed by atoms with E-state index in [4.69, 9.17) is 0 Å². The largest absolute Gasteiger partial charge is 0.281 e. The molecule has 0 saturated heterocycles. The van der Waals surface area contributed by atoms with Gasteiger partial charge in [0.25, 0.3) is 15.7 Å². The average molecular weight is 322 g/mol. The van der Waals surface area contributed by atoms with Crippen molar-refractivity contribution in [2.45, 2.75) is 18.4 Å². The first-order valence-electron chi connectivity index (χ1n) is 6.61. The first kappa shape index (κ1) is 14.5. The fourth-order valence-corrected chi connectivity index (χ4v) is 4.29. The van der Waals surface area contributed by atoms with Crippen molar-refractivity contribution in [1.82, 2.24) is 9.78 Å². The summed E-state index contributed by atoms with van der Waals surface area (Å²) in [6.07, 6.45) is 1.94. The van der Waals surface area contributed by atoms with Crippen LogP contribution < -0.4 is 4.31 Å². The number of anilines is 1. The van der Waals surface area contributed by atoms with Crippen molar-refractivity contribution in [3.05, 3.63) is 45.6 Å². The maximum absolute atomic E-state index is 12.7. The second kappa shape index (κ2) is 4.80. The number of aryl methyl sites for hydroxylation is 2. The SMILES string of the molecule is Cc1cc2c(cc1[N+](=O)[O-])N(S(=O)(=O)c1ccnn1C)CC2. The molecule has 0 radical (unpaired) electrons. The minimum absolute atomic E-state index is 0.0589. The van der Waals surface area contributed by atoms with Crippen molar-refractivity contribution in [2.24, 2.45) is 7.05 Å². The Morgan fingerprint density at radius 3 is 2.68 bits per heavy atom. The van der Waals surface area contributed by atoms with Gasteiger partial charge in [-0.15, -0.1) is 0 Å². The lowest BCUT2D eigenvalue weighted by atomic mass is 10.1. The van der Waals surface area contributed by atoms with E-state index in [1.807, 2.05) is 0 Å². The standard InChI is InChI=1S/C13H14N4O4S/c1-9-7-10-4-6-16(12(10)8-11(9)17(18)19)22(20,21)13-3-5-14-15(13)2/h3,5,7-8H,4,6H2,1-2H3. The van der Waals surface area contributed by atoms with E-state index in [-0.39, 0.29) is 17.3 Å². The monoisotopic (exact) mass is 322 g/mol. The molecule has 1 aromatic carbocycles. The molecule has 0 spiro atoms. The summed E-state index contributed by atoms with van der Waals surface area (Å²) in [4.78, 5) is 10.6. The Hall–Kier alpha value is -2.42. The molecule has 0 atom stereocenters. The average Bonchev–Trinajstić information content (AvgIpc) is 3.03. The number of benzene rings is 1. The molecule has 3 rings (SSSR count). The van der Waals surface area contributed by atoms with Crippen molar-refractivity contribution < 1.29 is 13.3 Å². The molecule has 1 aromatic heterocycles. The fraction of sp³-hybridized carbons (Fsp3) is 0.308. The van der Waals surface area contributed by atoms with Crippen LogP contribution >= 0.6 is 0 Å². The van der Waals surface area contributed by atoms with Gasteiger partial charge < -0.3 is 0 Å². The van der Waals surface area contributed by atoms with E-state index in [9.17, 15) is 18.5 Å². The molecular formula is C13H14N4O4S. The highest BCUT2D eigenvalue weighted by atomic mass is 32.2. The Kier molecular flexibility index (Phi) is 3.17. The molecule has 0 fully saturated rings. The van der Waals surface area contributed by atoms with Gasteiger partial charge >= 0.3 is 0 Å². The summed E-state index contributed by atoms with van der Waals surface area (Å²) in [6, 6.07) is 4.44. The van der Waals surface area contributed by atoms with E-state index in [0.717, 1.165) is 5.56 Å². The molecule has 2 aromatic rings. The molecule has 9 heteroatoms. The van der Waals surface area contributed by atoms with Gasteiger partial charge in [-0.25, -0.2) is 0 Å². The van der Waals surface area contributed by atoms with Crippen molar-refractivity contribution >= 4 is 21.4 Å². The lowest BCUT2D eigenvalue weighted by molar-refractivity contribution is -0.385. The highest BCUT2D eigenvalue weighted by molar-refractivity contribution is 7.92. The summed E-state index contributed by atoms with van der Waals surface area (Å²) < 4.78 is 28.0. The van der Waals surface area contributed by atoms with Gasteiger partial charge in [0, 0.05) is 25.2 Å². The number of sulfonamides is 1. The number of aromatic nitrogens is 2. The summed E-state index contributed by atoms with van der Waals surface area (Å²) in [7, 11) is -2.24. The third kappa shape index (κ3) is 2.05. The maximum atomic E-state index is 12.7. The highest BCUT2D eigenvalue weighted by Crippen LogP contribution is 2.37. The number of rotatable bonds is 3. The Labute approximate surface area is 127 Å². The smallest absolute Gasteiger partial charge is 0.264 e. The summed E-state index contributed by atoms with van der Waals surface area (Å²) in [5.41, 5.74) is 1.63. The van der Waals surface area contributed by atoms with Gasteiger partial charge in [0.2, 0.25) is 0 Å². The quantitative estimate of drug-likeness (QED) is 0.628. The summed E-state index contributed by atoms with van der Waals surface area (Å²) >= 11 is 0. The van der Waals surface area contributed by atoms with Crippen LogP contribution in [-0.2, 0) is 23.5 Å². The number of hydrogen-bond donors (Lipinski definition) is 0. The minimum atomic E-state index is -3.78. The second-order valence-corrected chi connectivity index (χ2v) is 6.95. The zero-order chi connectivity index (χ0) is 16.1. The third-order valence-corrected chi connectivity index (χ3v) is 5.67. The van der Waals surface area contributed by atoms with E-state index in [1.165, 1.54) is 27.3 Å². The van der Waals surface area contributed by atoms with Crippen molar-refractivity contribution in [1.29, 1.82) is 0 Å². The van der Waals surface area contributed by atoms with Crippen LogP contribution in [0.3, 0.4) is 0 Å². The van der Waals surface area contributed by atoms with Gasteiger partial charge in [0.1, 0.15) is 0 Å². The van der Waals surface area contributed by atoms with Crippen LogP contribution in [0.2, 0.25) is 0 Å². The third-order valence-electron chi connectivity index (χ3n) is 3.78. The van der Waals surface area contributed by atoms with Gasteiger partial charge in [-0.1, -0.05) is 0 Å². The van der Waals surface area contributed by atoms with Gasteiger partial charge in [0.15, 0.2) is 5.03 Å². The molecule has 1 aliphatic heterocycles. The predicted octanol–water partition coefficient (Wildman–Crippen LogP) is 1.39. The van der Waals surface area contributed by atoms with Crippen LogP contribution in [-0.4, -0.2) is 29.7 Å². The van der Waals surface area contributed by atoms with Gasteiger partial charge in [-0.3, -0.25) is 19.1 Å². The molecule has 116 valence electrons. The van der Waals surface area contributed by atoms with Gasteiger partial charge in [0.05, 0.1) is 16.8 Å². The molecular weight excluding hydrogens is 308 g/mol. The molecule has 0 amide bonds. The van der Waals surface area contributed by atoms with Crippen LogP contribution in [0.25, 0.3) is 0 Å². The first-order chi connectivity index (χ1) is 10.3. The lowest BCUT2D eigenvalue weighted by Crippen LogP contribution is -2.30. The molecule has 2 heterocycles. The van der Waals surface area contributed by atoms with E-state index in [0.29, 0.717) is 17.7 Å². The molecule has 1 aliphatic rings. The minimum Gasteiger partial charge on any atom is -0.264 e. The van der Waals surface area contributed by atoms with Crippen LogP contribution in [0.4, 0.5) is 11.4 Å². The first-order valence-corrected chi connectivity index (χ1v) is 8.05. The Bertz CT molecular complexity index is 872. The summed E-state index contributed by atoms with van der Waals surface area (Å²) in [6.45, 7) is 1.92. The number of nitro groups is 1. The molecule has 0 N–H and O–H groups in total. The van der Waals surface area contributed by atoms with Crippen molar-refractivity contribution in [3.8, 4) is 0 Å². The fourth-order valence-electron chi connectivity index (χ4n) is 2.69. The Morgan fingerprint density at radius 2 is 2.09 bits per heavy atom. The molecule has 22 heavy (non-hydrogen) atoms. The van der Waals surface area contributed by atoms with Crippen LogP contribution in [0.5, 0.6) is 0 Å².